The van der Waals surface area contributed by atoms with Crippen LogP contribution in [0.3, 0.4) is 0 Å². The van der Waals surface area contributed by atoms with E-state index in [-0.39, 0.29) is 36.1 Å². The molecular formula is C11H20N4O4S. The molecule has 0 aliphatic heterocycles. The molecule has 0 bridgehead atoms. The van der Waals surface area contributed by atoms with E-state index in [1.165, 1.54) is 0 Å². The molecule has 0 radical (unpaired) electrons. The molecule has 2 unspecified atom stereocenters. The van der Waals surface area contributed by atoms with Crippen LogP contribution in [0, 0.1) is 10.1 Å². The van der Waals surface area contributed by atoms with Crippen molar-refractivity contribution in [2.75, 3.05) is 23.8 Å². The van der Waals surface area contributed by atoms with Gasteiger partial charge in [-0.05, 0) is 24.2 Å². The number of rotatable bonds is 9. The van der Waals surface area contributed by atoms with Gasteiger partial charge in [-0.2, -0.15) is 4.98 Å². The van der Waals surface area contributed by atoms with Gasteiger partial charge in [0.05, 0.1) is 30.2 Å². The number of thiazole rings is 1. The number of aliphatic hydroxyl groups is 2. The second-order valence-corrected chi connectivity index (χ2v) is 5.27. The highest BCUT2D eigenvalue weighted by Gasteiger charge is 2.24. The van der Waals surface area contributed by atoms with Crippen LogP contribution in [-0.4, -0.2) is 45.4 Å². The fourth-order valence-electron chi connectivity index (χ4n) is 1.51. The molecule has 1 aromatic rings. The van der Waals surface area contributed by atoms with Gasteiger partial charge in [-0.1, -0.05) is 13.8 Å². The Morgan fingerprint density at radius 1 is 1.25 bits per heavy atom. The molecule has 0 aliphatic rings. The number of hydrogen-bond acceptors (Lipinski definition) is 8. The molecule has 4 N–H and O–H groups in total. The largest absolute Gasteiger partial charge is 0.394 e. The summed E-state index contributed by atoms with van der Waals surface area (Å²) in [7, 11) is 0. The van der Waals surface area contributed by atoms with Gasteiger partial charge in [0.1, 0.15) is 0 Å². The quantitative estimate of drug-likeness (QED) is 0.402. The normalized spacial score (nSPS) is 13.8. The van der Waals surface area contributed by atoms with Crippen LogP contribution in [0.5, 0.6) is 0 Å². The standard InChI is InChI=1S/C11H20N4O4S/c1-3-7(5-16)12-9-10(15(18)19)20-11(14-9)13-8(4-2)6-17/h7-8,12,16-17H,3-6H2,1-2H3,(H,13,14). The van der Waals surface area contributed by atoms with Crippen molar-refractivity contribution in [3.63, 3.8) is 0 Å². The van der Waals surface area contributed by atoms with Crippen LogP contribution >= 0.6 is 11.3 Å². The van der Waals surface area contributed by atoms with Crippen LogP contribution in [0.1, 0.15) is 26.7 Å². The van der Waals surface area contributed by atoms with Crippen molar-refractivity contribution in [1.29, 1.82) is 0 Å². The summed E-state index contributed by atoms with van der Waals surface area (Å²) in [5, 5.41) is 35.4. The average Bonchev–Trinajstić information content (AvgIpc) is 2.84. The van der Waals surface area contributed by atoms with Gasteiger partial charge in [-0.25, -0.2) is 0 Å². The lowest BCUT2D eigenvalue weighted by atomic mass is 10.2. The fraction of sp³-hybridized carbons (Fsp3) is 0.727. The zero-order valence-corrected chi connectivity index (χ0v) is 12.3. The zero-order chi connectivity index (χ0) is 15.1. The molecule has 2 atom stereocenters. The Bertz CT molecular complexity index is 432. The number of nitro groups is 1. The van der Waals surface area contributed by atoms with Crippen molar-refractivity contribution < 1.29 is 15.1 Å². The van der Waals surface area contributed by atoms with E-state index in [4.69, 9.17) is 10.2 Å². The molecule has 8 nitrogen and oxygen atoms in total. The first-order valence-corrected chi connectivity index (χ1v) is 7.27. The Morgan fingerprint density at radius 3 is 2.25 bits per heavy atom. The van der Waals surface area contributed by atoms with Crippen LogP contribution < -0.4 is 10.6 Å². The summed E-state index contributed by atoms with van der Waals surface area (Å²) < 4.78 is 0. The average molecular weight is 304 g/mol. The third-order valence-corrected chi connectivity index (χ3v) is 3.81. The van der Waals surface area contributed by atoms with E-state index < -0.39 is 4.92 Å². The Kier molecular flexibility index (Phi) is 6.62. The predicted molar refractivity (Wildman–Crippen MR) is 78.3 cm³/mol. The molecule has 0 aromatic carbocycles. The summed E-state index contributed by atoms with van der Waals surface area (Å²) in [5.41, 5.74) is 0. The second kappa shape index (κ2) is 7.98. The number of nitrogens with one attached hydrogen (secondary N) is 2. The molecule has 1 rings (SSSR count). The van der Waals surface area contributed by atoms with Gasteiger partial charge < -0.3 is 20.8 Å². The highest BCUT2D eigenvalue weighted by molar-refractivity contribution is 7.19. The maximum absolute atomic E-state index is 11.0. The van der Waals surface area contributed by atoms with E-state index in [2.05, 4.69) is 15.6 Å². The van der Waals surface area contributed by atoms with Crippen LogP contribution in [0.25, 0.3) is 0 Å². The minimum atomic E-state index is -0.505. The van der Waals surface area contributed by atoms with E-state index in [0.717, 1.165) is 11.3 Å². The molecule has 1 aromatic heterocycles. The van der Waals surface area contributed by atoms with E-state index in [0.29, 0.717) is 18.0 Å². The third-order valence-electron chi connectivity index (χ3n) is 2.87. The van der Waals surface area contributed by atoms with Gasteiger partial charge >= 0.3 is 5.00 Å². The Balaban J connectivity index is 2.92. The summed E-state index contributed by atoms with van der Waals surface area (Å²) in [6, 6.07) is -0.461. The van der Waals surface area contributed by atoms with Gasteiger partial charge in [0.25, 0.3) is 0 Å². The summed E-state index contributed by atoms with van der Waals surface area (Å²) in [4.78, 5) is 14.6. The van der Waals surface area contributed by atoms with Crippen molar-refractivity contribution in [2.24, 2.45) is 0 Å². The number of nitrogens with zero attached hydrogens (tertiary/aromatic N) is 2. The topological polar surface area (TPSA) is 121 Å². The molecular weight excluding hydrogens is 284 g/mol. The molecule has 114 valence electrons. The van der Waals surface area contributed by atoms with E-state index >= 15 is 0 Å². The van der Waals surface area contributed by atoms with Gasteiger partial charge in [-0.15, -0.1) is 0 Å². The summed E-state index contributed by atoms with van der Waals surface area (Å²) in [6.45, 7) is 3.57. The molecule has 0 spiro atoms. The third kappa shape index (κ3) is 4.29. The smallest absolute Gasteiger partial charge is 0.369 e. The minimum absolute atomic E-state index is 0.0686. The van der Waals surface area contributed by atoms with E-state index in [1.54, 1.807) is 0 Å². The van der Waals surface area contributed by atoms with Gasteiger partial charge in [-0.3, -0.25) is 10.1 Å². The van der Waals surface area contributed by atoms with E-state index in [9.17, 15) is 10.1 Å². The molecule has 0 fully saturated rings. The summed E-state index contributed by atoms with van der Waals surface area (Å²) in [5.74, 6) is 0.149. The lowest BCUT2D eigenvalue weighted by Gasteiger charge is -2.13. The Labute approximate surface area is 121 Å². The van der Waals surface area contributed by atoms with Crippen LogP contribution in [0.2, 0.25) is 0 Å². The first-order chi connectivity index (χ1) is 9.55. The number of anilines is 2. The van der Waals surface area contributed by atoms with Gasteiger partial charge in [0.15, 0.2) is 5.13 Å². The maximum Gasteiger partial charge on any atom is 0.369 e. The molecule has 20 heavy (non-hydrogen) atoms. The Hall–Kier alpha value is -1.45. The number of aliphatic hydroxyl groups excluding tert-OH is 2. The SMILES string of the molecule is CCC(CO)Nc1nc(NC(CC)CO)c([N+](=O)[O-])s1. The monoisotopic (exact) mass is 304 g/mol. The van der Waals surface area contributed by atoms with E-state index in [1.807, 2.05) is 13.8 Å². The fourth-order valence-corrected chi connectivity index (χ4v) is 2.33. The number of aromatic nitrogens is 1. The minimum Gasteiger partial charge on any atom is -0.394 e. The molecule has 0 amide bonds. The van der Waals surface area contributed by atoms with Crippen molar-refractivity contribution >= 4 is 27.3 Å². The first kappa shape index (κ1) is 16.6. The molecule has 0 aliphatic carbocycles. The van der Waals surface area contributed by atoms with Gasteiger partial charge in [0, 0.05) is 0 Å². The highest BCUT2D eigenvalue weighted by Crippen LogP contribution is 2.35. The zero-order valence-electron chi connectivity index (χ0n) is 11.5. The summed E-state index contributed by atoms with van der Waals surface area (Å²) >= 11 is 0.913. The lowest BCUT2D eigenvalue weighted by Crippen LogP contribution is -2.24. The Morgan fingerprint density at radius 2 is 1.80 bits per heavy atom. The van der Waals surface area contributed by atoms with Crippen molar-refractivity contribution in [1.82, 2.24) is 4.98 Å². The van der Waals surface area contributed by atoms with Crippen LogP contribution in [0.15, 0.2) is 0 Å². The van der Waals surface area contributed by atoms with Crippen molar-refractivity contribution in [3.05, 3.63) is 10.1 Å². The predicted octanol–water partition coefficient (Wildman–Crippen LogP) is 1.42. The van der Waals surface area contributed by atoms with Crippen LogP contribution in [-0.2, 0) is 0 Å². The van der Waals surface area contributed by atoms with Crippen molar-refractivity contribution in [3.8, 4) is 0 Å². The first-order valence-electron chi connectivity index (χ1n) is 6.45. The molecule has 9 heteroatoms. The molecule has 0 saturated heterocycles. The van der Waals surface area contributed by atoms with Crippen LogP contribution in [0.4, 0.5) is 16.0 Å². The summed E-state index contributed by atoms with van der Waals surface area (Å²) in [6.07, 6.45) is 1.31. The van der Waals surface area contributed by atoms with Crippen molar-refractivity contribution in [2.45, 2.75) is 38.8 Å². The second-order valence-electron chi connectivity index (χ2n) is 4.29. The number of hydrogen-bond donors (Lipinski definition) is 4. The van der Waals surface area contributed by atoms with Gasteiger partial charge in [0.2, 0.25) is 5.82 Å². The lowest BCUT2D eigenvalue weighted by molar-refractivity contribution is -0.379. The molecule has 0 saturated carbocycles. The highest BCUT2D eigenvalue weighted by atomic mass is 32.1. The maximum atomic E-state index is 11.0. The molecule has 1 heterocycles.